The van der Waals surface area contributed by atoms with E-state index >= 15 is 0 Å². The standard InChI is InChI=1S/C18H23NO2/c1-12-6-8-18(9-7-12)17(20)21-16(19-18)11-15-10-13(2)4-5-14(15)3/h4-5,10,12H,6-9,11H2,1-3H3/t12-,18+. The summed E-state index contributed by atoms with van der Waals surface area (Å²) >= 11 is 0. The largest absolute Gasteiger partial charge is 0.410 e. The number of benzene rings is 1. The highest BCUT2D eigenvalue weighted by Crippen LogP contribution is 2.39. The van der Waals surface area contributed by atoms with Crippen LogP contribution in [0.2, 0.25) is 0 Å². The number of aliphatic imine (C=N–C) groups is 1. The molecule has 0 saturated heterocycles. The van der Waals surface area contributed by atoms with Crippen LogP contribution >= 0.6 is 0 Å². The molecule has 0 radical (unpaired) electrons. The molecule has 3 rings (SSSR count). The Balaban J connectivity index is 1.81. The Morgan fingerprint density at radius 1 is 1.29 bits per heavy atom. The average molecular weight is 285 g/mol. The van der Waals surface area contributed by atoms with Crippen molar-refractivity contribution in [3.05, 3.63) is 34.9 Å². The molecule has 21 heavy (non-hydrogen) atoms. The van der Waals surface area contributed by atoms with E-state index in [0.717, 1.165) is 25.7 Å². The molecular formula is C18H23NO2. The van der Waals surface area contributed by atoms with Gasteiger partial charge in [-0.05, 0) is 56.6 Å². The Morgan fingerprint density at radius 3 is 2.71 bits per heavy atom. The fourth-order valence-electron chi connectivity index (χ4n) is 3.29. The number of hydrogen-bond donors (Lipinski definition) is 0. The average Bonchev–Trinajstić information content (AvgIpc) is 2.74. The van der Waals surface area contributed by atoms with Crippen molar-refractivity contribution in [3.8, 4) is 0 Å². The molecule has 1 aromatic carbocycles. The molecule has 1 aromatic rings. The van der Waals surface area contributed by atoms with Crippen molar-refractivity contribution in [2.45, 2.75) is 58.4 Å². The van der Waals surface area contributed by atoms with Gasteiger partial charge in [0, 0.05) is 6.42 Å². The maximum absolute atomic E-state index is 12.3. The number of esters is 1. The second kappa shape index (κ2) is 5.28. The van der Waals surface area contributed by atoms with Crippen LogP contribution in [0.3, 0.4) is 0 Å². The topological polar surface area (TPSA) is 38.7 Å². The maximum atomic E-state index is 12.3. The van der Waals surface area contributed by atoms with E-state index in [1.54, 1.807) is 0 Å². The molecule has 0 amide bonds. The minimum atomic E-state index is -0.570. The first-order chi connectivity index (χ1) is 9.98. The molecular weight excluding hydrogens is 262 g/mol. The zero-order chi connectivity index (χ0) is 15.0. The fraction of sp³-hybridized carbons (Fsp3) is 0.556. The van der Waals surface area contributed by atoms with E-state index < -0.39 is 5.54 Å². The van der Waals surface area contributed by atoms with Crippen molar-refractivity contribution in [2.24, 2.45) is 10.9 Å². The van der Waals surface area contributed by atoms with Gasteiger partial charge < -0.3 is 4.74 Å². The number of hydrogen-bond acceptors (Lipinski definition) is 3. The number of carbonyl (C=O) groups is 1. The zero-order valence-corrected chi connectivity index (χ0v) is 13.1. The van der Waals surface area contributed by atoms with Gasteiger partial charge in [0.15, 0.2) is 11.4 Å². The fourth-order valence-corrected chi connectivity index (χ4v) is 3.29. The summed E-state index contributed by atoms with van der Waals surface area (Å²) in [5, 5.41) is 0. The quantitative estimate of drug-likeness (QED) is 0.776. The number of ether oxygens (including phenoxy) is 1. The highest BCUT2D eigenvalue weighted by atomic mass is 16.6. The lowest BCUT2D eigenvalue weighted by molar-refractivity contribution is -0.140. The normalized spacial score (nSPS) is 28.6. The molecule has 0 bridgehead atoms. The number of rotatable bonds is 2. The predicted octanol–water partition coefficient (Wildman–Crippen LogP) is 3.75. The van der Waals surface area contributed by atoms with Crippen LogP contribution in [0.5, 0.6) is 0 Å². The third kappa shape index (κ3) is 2.74. The summed E-state index contributed by atoms with van der Waals surface area (Å²) < 4.78 is 5.50. The minimum absolute atomic E-state index is 0.130. The first kappa shape index (κ1) is 14.3. The van der Waals surface area contributed by atoms with E-state index in [9.17, 15) is 4.79 Å². The molecule has 0 aromatic heterocycles. The van der Waals surface area contributed by atoms with Crippen LogP contribution in [0.15, 0.2) is 23.2 Å². The molecule has 0 atom stereocenters. The summed E-state index contributed by atoms with van der Waals surface area (Å²) in [7, 11) is 0. The van der Waals surface area contributed by atoms with Crippen molar-refractivity contribution in [3.63, 3.8) is 0 Å². The first-order valence-electron chi connectivity index (χ1n) is 7.86. The lowest BCUT2D eigenvalue weighted by Crippen LogP contribution is -2.37. The van der Waals surface area contributed by atoms with Gasteiger partial charge in [-0.3, -0.25) is 0 Å². The van der Waals surface area contributed by atoms with E-state index in [1.807, 2.05) is 0 Å². The highest BCUT2D eigenvalue weighted by molar-refractivity contribution is 6.00. The SMILES string of the molecule is Cc1ccc(C)c(CC2=N[C@]3(CC[C@@H](C)CC3)C(=O)O2)c1. The third-order valence-electron chi connectivity index (χ3n) is 4.88. The molecule has 3 heteroatoms. The Kier molecular flexibility index (Phi) is 3.60. The summed E-state index contributed by atoms with van der Waals surface area (Å²) in [6.07, 6.45) is 4.42. The van der Waals surface area contributed by atoms with Crippen LogP contribution in [-0.2, 0) is 16.0 Å². The van der Waals surface area contributed by atoms with E-state index in [2.05, 4.69) is 39.0 Å². The Morgan fingerprint density at radius 2 is 2.00 bits per heavy atom. The van der Waals surface area contributed by atoms with Crippen LogP contribution in [-0.4, -0.2) is 17.4 Å². The van der Waals surface area contributed by atoms with Crippen LogP contribution in [0.1, 0.15) is 49.3 Å². The molecule has 3 nitrogen and oxygen atoms in total. The van der Waals surface area contributed by atoms with Crippen LogP contribution < -0.4 is 0 Å². The third-order valence-corrected chi connectivity index (χ3v) is 4.88. The molecule has 0 unspecified atom stereocenters. The number of nitrogens with zero attached hydrogens (tertiary/aromatic N) is 1. The second-order valence-corrected chi connectivity index (χ2v) is 6.72. The molecule has 1 fully saturated rings. The smallest absolute Gasteiger partial charge is 0.340 e. The monoisotopic (exact) mass is 285 g/mol. The van der Waals surface area contributed by atoms with Crippen LogP contribution in [0.25, 0.3) is 0 Å². The molecule has 1 spiro atoms. The van der Waals surface area contributed by atoms with Gasteiger partial charge in [0.25, 0.3) is 0 Å². The van der Waals surface area contributed by atoms with Gasteiger partial charge in [-0.1, -0.05) is 30.7 Å². The van der Waals surface area contributed by atoms with E-state index in [0.29, 0.717) is 18.2 Å². The van der Waals surface area contributed by atoms with Crippen molar-refractivity contribution < 1.29 is 9.53 Å². The lowest BCUT2D eigenvalue weighted by Gasteiger charge is -2.29. The molecule has 1 aliphatic carbocycles. The molecule has 1 saturated carbocycles. The van der Waals surface area contributed by atoms with Crippen molar-refractivity contribution in [1.29, 1.82) is 0 Å². The Hall–Kier alpha value is -1.64. The van der Waals surface area contributed by atoms with E-state index in [1.165, 1.54) is 16.7 Å². The summed E-state index contributed by atoms with van der Waals surface area (Å²) in [6, 6.07) is 6.37. The Bertz CT molecular complexity index is 595. The summed E-state index contributed by atoms with van der Waals surface area (Å²) in [4.78, 5) is 17.0. The molecule has 1 heterocycles. The molecule has 1 aliphatic heterocycles. The van der Waals surface area contributed by atoms with Gasteiger partial charge >= 0.3 is 5.97 Å². The van der Waals surface area contributed by atoms with Gasteiger partial charge in [0.2, 0.25) is 0 Å². The van der Waals surface area contributed by atoms with E-state index in [-0.39, 0.29) is 5.97 Å². The molecule has 0 N–H and O–H groups in total. The predicted molar refractivity (Wildman–Crippen MR) is 83.5 cm³/mol. The van der Waals surface area contributed by atoms with Crippen LogP contribution in [0, 0.1) is 19.8 Å². The molecule has 2 aliphatic rings. The van der Waals surface area contributed by atoms with Crippen molar-refractivity contribution in [1.82, 2.24) is 0 Å². The van der Waals surface area contributed by atoms with Gasteiger partial charge in [-0.25, -0.2) is 9.79 Å². The van der Waals surface area contributed by atoms with Crippen molar-refractivity contribution in [2.75, 3.05) is 0 Å². The Labute approximate surface area is 126 Å². The summed E-state index contributed by atoms with van der Waals surface area (Å²) in [5.74, 6) is 1.17. The first-order valence-corrected chi connectivity index (χ1v) is 7.86. The molecule has 112 valence electrons. The van der Waals surface area contributed by atoms with Gasteiger partial charge in [0.05, 0.1) is 0 Å². The van der Waals surface area contributed by atoms with Crippen molar-refractivity contribution >= 4 is 11.9 Å². The lowest BCUT2D eigenvalue weighted by atomic mass is 9.78. The summed E-state index contributed by atoms with van der Waals surface area (Å²) in [5.41, 5.74) is 3.07. The van der Waals surface area contributed by atoms with E-state index in [4.69, 9.17) is 9.73 Å². The highest BCUT2D eigenvalue weighted by Gasteiger charge is 2.47. The van der Waals surface area contributed by atoms with Gasteiger partial charge in [-0.2, -0.15) is 0 Å². The van der Waals surface area contributed by atoms with Gasteiger partial charge in [-0.15, -0.1) is 0 Å². The second-order valence-electron chi connectivity index (χ2n) is 6.72. The minimum Gasteiger partial charge on any atom is -0.410 e. The summed E-state index contributed by atoms with van der Waals surface area (Å²) in [6.45, 7) is 6.41. The van der Waals surface area contributed by atoms with Crippen LogP contribution in [0.4, 0.5) is 0 Å². The number of aryl methyl sites for hydroxylation is 2. The van der Waals surface area contributed by atoms with Gasteiger partial charge in [0.1, 0.15) is 0 Å². The maximum Gasteiger partial charge on any atom is 0.340 e. The number of carbonyl (C=O) groups excluding carboxylic acids is 1. The zero-order valence-electron chi connectivity index (χ0n) is 13.1. The number of cyclic esters (lactones) is 1.